The van der Waals surface area contributed by atoms with Crippen molar-refractivity contribution in [2.45, 2.75) is 25.1 Å². The van der Waals surface area contributed by atoms with Crippen LogP contribution in [-0.4, -0.2) is 30.0 Å². The van der Waals surface area contributed by atoms with Gasteiger partial charge in [0.05, 0.1) is 17.8 Å². The molecule has 20 heavy (non-hydrogen) atoms. The molecule has 0 spiro atoms. The second-order valence-electron chi connectivity index (χ2n) is 4.89. The molecule has 1 aromatic rings. The molecule has 1 saturated heterocycles. The minimum absolute atomic E-state index is 0.0283. The van der Waals surface area contributed by atoms with Gasteiger partial charge in [-0.2, -0.15) is 13.2 Å². The molecule has 0 aromatic heterocycles. The van der Waals surface area contributed by atoms with Gasteiger partial charge in [-0.25, -0.2) is 4.79 Å². The van der Waals surface area contributed by atoms with Gasteiger partial charge in [0.25, 0.3) is 0 Å². The van der Waals surface area contributed by atoms with Crippen LogP contribution in [0.1, 0.15) is 18.9 Å². The number of aliphatic hydroxyl groups excluding tert-OH is 1. The molecule has 1 heterocycles. The molecule has 1 atom stereocenters. The van der Waals surface area contributed by atoms with E-state index in [1.54, 1.807) is 6.92 Å². The number of benzene rings is 1. The molecule has 1 aromatic carbocycles. The Hall–Kier alpha value is -1.76. The Kier molecular flexibility index (Phi) is 3.64. The number of halogens is 3. The Morgan fingerprint density at radius 3 is 2.65 bits per heavy atom. The molecule has 110 valence electrons. The highest BCUT2D eigenvalue weighted by Gasteiger charge is 2.44. The van der Waals surface area contributed by atoms with E-state index in [2.05, 4.69) is 0 Å². The van der Waals surface area contributed by atoms with Crippen molar-refractivity contribution in [3.8, 4) is 0 Å². The van der Waals surface area contributed by atoms with Crippen molar-refractivity contribution < 1.29 is 27.8 Å². The standard InChI is InChI=1S/C13H14F3NO3/c1-12(6-7-18)8-17(11(19)20-12)10-5-3-2-4-9(10)13(14,15)16/h2-5,18H,6-8H2,1H3. The van der Waals surface area contributed by atoms with Gasteiger partial charge in [0.1, 0.15) is 5.60 Å². The van der Waals surface area contributed by atoms with Crippen molar-refractivity contribution in [3.05, 3.63) is 29.8 Å². The number of aliphatic hydroxyl groups is 1. The zero-order valence-corrected chi connectivity index (χ0v) is 10.8. The van der Waals surface area contributed by atoms with Crippen LogP contribution in [-0.2, 0) is 10.9 Å². The van der Waals surface area contributed by atoms with Gasteiger partial charge in [0.2, 0.25) is 0 Å². The molecule has 0 saturated carbocycles. The highest BCUT2D eigenvalue weighted by Crippen LogP contribution is 2.39. The van der Waals surface area contributed by atoms with Crippen LogP contribution in [0.15, 0.2) is 24.3 Å². The predicted molar refractivity (Wildman–Crippen MR) is 65.4 cm³/mol. The van der Waals surface area contributed by atoms with Crippen LogP contribution in [0.2, 0.25) is 0 Å². The SMILES string of the molecule is CC1(CCO)CN(c2ccccc2C(F)(F)F)C(=O)O1. The topological polar surface area (TPSA) is 49.8 Å². The number of amides is 1. The highest BCUT2D eigenvalue weighted by atomic mass is 19.4. The van der Waals surface area contributed by atoms with Crippen LogP contribution in [0.25, 0.3) is 0 Å². The maximum absolute atomic E-state index is 13.0. The van der Waals surface area contributed by atoms with Crippen LogP contribution in [0.4, 0.5) is 23.7 Å². The first-order valence-electron chi connectivity index (χ1n) is 6.04. The van der Waals surface area contributed by atoms with Crippen LogP contribution in [0, 0.1) is 0 Å². The first kappa shape index (κ1) is 14.6. The van der Waals surface area contributed by atoms with Crippen molar-refractivity contribution in [3.63, 3.8) is 0 Å². The van der Waals surface area contributed by atoms with E-state index < -0.39 is 23.4 Å². The number of alkyl halides is 3. The summed E-state index contributed by atoms with van der Waals surface area (Å²) in [5.74, 6) is 0. The molecule has 2 rings (SSSR count). The molecule has 7 heteroatoms. The van der Waals surface area contributed by atoms with E-state index in [4.69, 9.17) is 9.84 Å². The van der Waals surface area contributed by atoms with Gasteiger partial charge in [-0.05, 0) is 19.1 Å². The summed E-state index contributed by atoms with van der Waals surface area (Å²) in [5.41, 5.74) is -2.10. The lowest BCUT2D eigenvalue weighted by atomic mass is 10.0. The lowest BCUT2D eigenvalue weighted by Crippen LogP contribution is -2.33. The second kappa shape index (κ2) is 4.97. The van der Waals surface area contributed by atoms with E-state index in [1.165, 1.54) is 18.2 Å². The molecule has 1 fully saturated rings. The van der Waals surface area contributed by atoms with Gasteiger partial charge in [-0.1, -0.05) is 12.1 Å². The summed E-state index contributed by atoms with van der Waals surface area (Å²) in [6.07, 6.45) is -5.21. The molecule has 0 bridgehead atoms. The molecule has 0 aliphatic carbocycles. The first-order chi connectivity index (χ1) is 9.27. The lowest BCUT2D eigenvalue weighted by Gasteiger charge is -2.22. The number of ether oxygens (including phenoxy) is 1. The van der Waals surface area contributed by atoms with E-state index in [1.807, 2.05) is 0 Å². The Morgan fingerprint density at radius 2 is 2.05 bits per heavy atom. The third kappa shape index (κ3) is 2.72. The number of hydrogen-bond acceptors (Lipinski definition) is 3. The normalized spacial score (nSPS) is 23.1. The summed E-state index contributed by atoms with van der Waals surface area (Å²) >= 11 is 0. The second-order valence-corrected chi connectivity index (χ2v) is 4.89. The average molecular weight is 289 g/mol. The average Bonchev–Trinajstić information content (AvgIpc) is 2.64. The zero-order valence-electron chi connectivity index (χ0n) is 10.8. The van der Waals surface area contributed by atoms with Crippen molar-refractivity contribution in [1.82, 2.24) is 0 Å². The monoisotopic (exact) mass is 289 g/mol. The van der Waals surface area contributed by atoms with E-state index in [0.29, 0.717) is 0 Å². The fraction of sp³-hybridized carbons (Fsp3) is 0.462. The van der Waals surface area contributed by atoms with Gasteiger partial charge in [-0.15, -0.1) is 0 Å². The minimum atomic E-state index is -4.55. The lowest BCUT2D eigenvalue weighted by molar-refractivity contribution is -0.137. The predicted octanol–water partition coefficient (Wildman–Crippen LogP) is 2.80. The molecule has 1 amide bonds. The quantitative estimate of drug-likeness (QED) is 0.931. The van der Waals surface area contributed by atoms with Crippen molar-refractivity contribution in [2.75, 3.05) is 18.1 Å². The summed E-state index contributed by atoms with van der Waals surface area (Å²) in [6.45, 7) is 1.34. The summed E-state index contributed by atoms with van der Waals surface area (Å²) < 4.78 is 43.9. The van der Waals surface area contributed by atoms with Gasteiger partial charge in [-0.3, -0.25) is 4.90 Å². The Morgan fingerprint density at radius 1 is 1.40 bits per heavy atom. The Bertz CT molecular complexity index is 518. The van der Waals surface area contributed by atoms with Crippen LogP contribution in [0.5, 0.6) is 0 Å². The number of cyclic esters (lactones) is 1. The third-order valence-corrected chi connectivity index (χ3v) is 3.19. The maximum Gasteiger partial charge on any atom is 0.418 e. The van der Waals surface area contributed by atoms with Crippen molar-refractivity contribution in [1.29, 1.82) is 0 Å². The highest BCUT2D eigenvalue weighted by molar-refractivity contribution is 5.91. The number of carbonyl (C=O) groups excluding carboxylic acids is 1. The molecule has 1 aliphatic rings. The van der Waals surface area contributed by atoms with Crippen LogP contribution >= 0.6 is 0 Å². The summed E-state index contributed by atoms with van der Waals surface area (Å²) in [5, 5.41) is 8.93. The number of carbonyl (C=O) groups is 1. The van der Waals surface area contributed by atoms with Gasteiger partial charge >= 0.3 is 12.3 Å². The Balaban J connectivity index is 2.36. The first-order valence-corrected chi connectivity index (χ1v) is 6.04. The maximum atomic E-state index is 13.0. The van der Waals surface area contributed by atoms with E-state index in [9.17, 15) is 18.0 Å². The fourth-order valence-corrected chi connectivity index (χ4v) is 2.20. The number of para-hydroxylation sites is 1. The minimum Gasteiger partial charge on any atom is -0.441 e. The van der Waals surface area contributed by atoms with E-state index >= 15 is 0 Å². The van der Waals surface area contributed by atoms with Crippen LogP contribution < -0.4 is 4.90 Å². The molecule has 1 unspecified atom stereocenters. The molecular weight excluding hydrogens is 275 g/mol. The Labute approximate surface area is 113 Å². The number of nitrogens with zero attached hydrogens (tertiary/aromatic N) is 1. The number of rotatable bonds is 3. The molecule has 4 nitrogen and oxygen atoms in total. The van der Waals surface area contributed by atoms with Gasteiger partial charge in [0, 0.05) is 13.0 Å². The van der Waals surface area contributed by atoms with Crippen molar-refractivity contribution in [2.24, 2.45) is 0 Å². The zero-order chi connectivity index (χ0) is 15.0. The van der Waals surface area contributed by atoms with Crippen LogP contribution in [0.3, 0.4) is 0 Å². The molecule has 1 aliphatic heterocycles. The van der Waals surface area contributed by atoms with E-state index in [0.717, 1.165) is 11.0 Å². The third-order valence-electron chi connectivity index (χ3n) is 3.19. The number of anilines is 1. The van der Waals surface area contributed by atoms with E-state index in [-0.39, 0.29) is 25.3 Å². The molecule has 0 radical (unpaired) electrons. The van der Waals surface area contributed by atoms with Gasteiger partial charge < -0.3 is 9.84 Å². The smallest absolute Gasteiger partial charge is 0.418 e. The number of hydrogen-bond donors (Lipinski definition) is 1. The fourth-order valence-electron chi connectivity index (χ4n) is 2.20. The van der Waals surface area contributed by atoms with Crippen molar-refractivity contribution >= 4 is 11.8 Å². The largest absolute Gasteiger partial charge is 0.441 e. The molecular formula is C13H14F3NO3. The summed E-state index contributed by atoms with van der Waals surface area (Å²) in [7, 11) is 0. The summed E-state index contributed by atoms with van der Waals surface area (Å²) in [4.78, 5) is 12.8. The van der Waals surface area contributed by atoms with Gasteiger partial charge in [0.15, 0.2) is 0 Å². The summed E-state index contributed by atoms with van der Waals surface area (Å²) in [6, 6.07) is 4.85. The molecule has 1 N–H and O–H groups in total.